The molecule has 0 saturated carbocycles. The molecule has 0 spiro atoms. The van der Waals surface area contributed by atoms with Crippen molar-refractivity contribution in [2.75, 3.05) is 5.32 Å². The summed E-state index contributed by atoms with van der Waals surface area (Å²) in [7, 11) is 0. The molecule has 0 aliphatic heterocycles. The molecular weight excluding hydrogens is 253 g/mol. The van der Waals surface area contributed by atoms with Gasteiger partial charge in [-0.15, -0.1) is 11.6 Å². The van der Waals surface area contributed by atoms with Crippen LogP contribution in [0.1, 0.15) is 17.3 Å². The first-order valence-electron chi connectivity index (χ1n) is 4.39. The molecule has 1 aromatic rings. The molecule has 0 bridgehead atoms. The quantitative estimate of drug-likeness (QED) is 0.823. The Labute approximate surface area is 102 Å². The van der Waals surface area contributed by atoms with Crippen LogP contribution in [-0.4, -0.2) is 22.4 Å². The third-order valence-electron chi connectivity index (χ3n) is 1.83. The molecule has 0 aliphatic carbocycles. The number of anilines is 1. The SMILES string of the molecule is C[C@H](Cl)C(=O)Nc1cc(C(=O)O)ccc1Cl. The second-order valence-electron chi connectivity index (χ2n) is 3.11. The predicted octanol–water partition coefficient (Wildman–Crippen LogP) is 2.60. The van der Waals surface area contributed by atoms with Gasteiger partial charge in [-0.1, -0.05) is 11.6 Å². The summed E-state index contributed by atoms with van der Waals surface area (Å²) in [5.74, 6) is -1.53. The fraction of sp³-hybridized carbons (Fsp3) is 0.200. The van der Waals surface area contributed by atoms with E-state index in [1.54, 1.807) is 0 Å². The maximum Gasteiger partial charge on any atom is 0.335 e. The highest BCUT2D eigenvalue weighted by Crippen LogP contribution is 2.23. The Balaban J connectivity index is 2.99. The zero-order valence-corrected chi connectivity index (χ0v) is 9.84. The van der Waals surface area contributed by atoms with Crippen molar-refractivity contribution in [2.24, 2.45) is 0 Å². The van der Waals surface area contributed by atoms with E-state index >= 15 is 0 Å². The fourth-order valence-corrected chi connectivity index (χ4v) is 1.21. The standard InChI is InChI=1S/C10H9Cl2NO3/c1-5(11)9(14)13-8-4-6(10(15)16)2-3-7(8)12/h2-5H,1H3,(H,13,14)(H,15,16)/t5-/m0/s1. The highest BCUT2D eigenvalue weighted by molar-refractivity contribution is 6.35. The Bertz CT molecular complexity index is 432. The number of hydrogen-bond acceptors (Lipinski definition) is 2. The van der Waals surface area contributed by atoms with Crippen LogP contribution in [0, 0.1) is 0 Å². The molecule has 16 heavy (non-hydrogen) atoms. The molecule has 86 valence electrons. The largest absolute Gasteiger partial charge is 0.478 e. The van der Waals surface area contributed by atoms with Crippen molar-refractivity contribution in [3.63, 3.8) is 0 Å². The van der Waals surface area contributed by atoms with E-state index in [-0.39, 0.29) is 16.3 Å². The Kier molecular flexibility index (Phi) is 4.15. The number of rotatable bonds is 3. The molecule has 0 radical (unpaired) electrons. The highest BCUT2D eigenvalue weighted by atomic mass is 35.5. The van der Waals surface area contributed by atoms with E-state index in [1.165, 1.54) is 25.1 Å². The van der Waals surface area contributed by atoms with Crippen LogP contribution in [0.5, 0.6) is 0 Å². The first kappa shape index (κ1) is 12.8. The van der Waals surface area contributed by atoms with E-state index in [0.717, 1.165) is 0 Å². The third-order valence-corrected chi connectivity index (χ3v) is 2.36. The maximum absolute atomic E-state index is 11.3. The van der Waals surface area contributed by atoms with E-state index in [2.05, 4.69) is 5.32 Å². The number of aromatic carboxylic acids is 1. The summed E-state index contributed by atoms with van der Waals surface area (Å²) in [6.07, 6.45) is 0. The van der Waals surface area contributed by atoms with Crippen LogP contribution in [0.3, 0.4) is 0 Å². The minimum Gasteiger partial charge on any atom is -0.478 e. The lowest BCUT2D eigenvalue weighted by molar-refractivity contribution is -0.115. The Morgan fingerprint density at radius 1 is 1.44 bits per heavy atom. The Hall–Kier alpha value is -1.26. The molecule has 2 N–H and O–H groups in total. The van der Waals surface area contributed by atoms with Crippen molar-refractivity contribution in [2.45, 2.75) is 12.3 Å². The lowest BCUT2D eigenvalue weighted by atomic mass is 10.2. The zero-order valence-electron chi connectivity index (χ0n) is 8.33. The Morgan fingerprint density at radius 2 is 2.06 bits per heavy atom. The summed E-state index contributed by atoms with van der Waals surface area (Å²) in [4.78, 5) is 22.0. The predicted molar refractivity (Wildman–Crippen MR) is 62.4 cm³/mol. The summed E-state index contributed by atoms with van der Waals surface area (Å²) < 4.78 is 0. The van der Waals surface area contributed by atoms with E-state index in [9.17, 15) is 9.59 Å². The smallest absolute Gasteiger partial charge is 0.335 e. The van der Waals surface area contributed by atoms with E-state index < -0.39 is 17.3 Å². The summed E-state index contributed by atoms with van der Waals surface area (Å²) in [5.41, 5.74) is 0.279. The van der Waals surface area contributed by atoms with Crippen molar-refractivity contribution in [1.29, 1.82) is 0 Å². The van der Waals surface area contributed by atoms with Crippen molar-refractivity contribution in [3.8, 4) is 0 Å². The van der Waals surface area contributed by atoms with Crippen LogP contribution in [-0.2, 0) is 4.79 Å². The molecule has 0 unspecified atom stereocenters. The van der Waals surface area contributed by atoms with Gasteiger partial charge in [0.05, 0.1) is 16.3 Å². The van der Waals surface area contributed by atoms with Gasteiger partial charge in [0.15, 0.2) is 0 Å². The van der Waals surface area contributed by atoms with Gasteiger partial charge in [0.2, 0.25) is 5.91 Å². The van der Waals surface area contributed by atoms with Gasteiger partial charge in [0, 0.05) is 0 Å². The minimum absolute atomic E-state index is 0.0434. The summed E-state index contributed by atoms with van der Waals surface area (Å²) in [6.45, 7) is 1.51. The summed E-state index contributed by atoms with van der Waals surface area (Å²) in [6, 6.07) is 4.03. The van der Waals surface area contributed by atoms with Gasteiger partial charge in [0.25, 0.3) is 0 Å². The van der Waals surface area contributed by atoms with E-state index in [4.69, 9.17) is 28.3 Å². The number of amides is 1. The number of carboxylic acid groups (broad SMARTS) is 1. The number of carbonyl (C=O) groups excluding carboxylic acids is 1. The molecule has 1 atom stereocenters. The molecule has 1 aromatic carbocycles. The fourth-order valence-electron chi connectivity index (χ4n) is 0.986. The van der Waals surface area contributed by atoms with Crippen molar-refractivity contribution in [1.82, 2.24) is 0 Å². The van der Waals surface area contributed by atoms with E-state index in [0.29, 0.717) is 0 Å². The normalized spacial score (nSPS) is 11.9. The molecule has 0 fully saturated rings. The second kappa shape index (κ2) is 5.18. The minimum atomic E-state index is -1.09. The van der Waals surface area contributed by atoms with Gasteiger partial charge in [-0.25, -0.2) is 4.79 Å². The van der Waals surface area contributed by atoms with Crippen molar-refractivity contribution < 1.29 is 14.7 Å². The molecule has 0 heterocycles. The van der Waals surface area contributed by atoms with Gasteiger partial charge >= 0.3 is 5.97 Å². The van der Waals surface area contributed by atoms with Crippen LogP contribution >= 0.6 is 23.2 Å². The van der Waals surface area contributed by atoms with Gasteiger partial charge in [-0.3, -0.25) is 4.79 Å². The summed E-state index contributed by atoms with van der Waals surface area (Å²) in [5, 5.41) is 10.7. The molecule has 6 heteroatoms. The Morgan fingerprint density at radius 3 is 2.56 bits per heavy atom. The molecule has 4 nitrogen and oxygen atoms in total. The number of carboxylic acids is 1. The van der Waals surface area contributed by atoms with Crippen LogP contribution < -0.4 is 5.32 Å². The van der Waals surface area contributed by atoms with Crippen LogP contribution in [0.2, 0.25) is 5.02 Å². The maximum atomic E-state index is 11.3. The lowest BCUT2D eigenvalue weighted by Crippen LogP contribution is -2.20. The number of hydrogen-bond donors (Lipinski definition) is 2. The highest BCUT2D eigenvalue weighted by Gasteiger charge is 2.13. The number of carbonyl (C=O) groups is 2. The van der Waals surface area contributed by atoms with Crippen LogP contribution in [0.4, 0.5) is 5.69 Å². The first-order valence-corrected chi connectivity index (χ1v) is 5.21. The second-order valence-corrected chi connectivity index (χ2v) is 4.17. The van der Waals surface area contributed by atoms with Crippen LogP contribution in [0.15, 0.2) is 18.2 Å². The molecule has 0 saturated heterocycles. The van der Waals surface area contributed by atoms with Gasteiger partial charge in [-0.2, -0.15) is 0 Å². The molecular formula is C10H9Cl2NO3. The molecule has 0 aliphatic rings. The lowest BCUT2D eigenvalue weighted by Gasteiger charge is -2.08. The third kappa shape index (κ3) is 3.12. The topological polar surface area (TPSA) is 66.4 Å². The van der Waals surface area contributed by atoms with Crippen LogP contribution in [0.25, 0.3) is 0 Å². The van der Waals surface area contributed by atoms with Gasteiger partial charge < -0.3 is 10.4 Å². The average molecular weight is 262 g/mol. The van der Waals surface area contributed by atoms with Crippen molar-refractivity contribution in [3.05, 3.63) is 28.8 Å². The molecule has 1 rings (SSSR count). The zero-order chi connectivity index (χ0) is 12.3. The number of halogens is 2. The summed E-state index contributed by atoms with van der Waals surface area (Å²) >= 11 is 11.4. The molecule has 0 aromatic heterocycles. The first-order chi connectivity index (χ1) is 7.41. The van der Waals surface area contributed by atoms with Crippen molar-refractivity contribution >= 4 is 40.8 Å². The van der Waals surface area contributed by atoms with Gasteiger partial charge in [0.1, 0.15) is 5.38 Å². The van der Waals surface area contributed by atoms with Gasteiger partial charge in [-0.05, 0) is 25.1 Å². The molecule has 1 amide bonds. The number of alkyl halides is 1. The van der Waals surface area contributed by atoms with E-state index in [1.807, 2.05) is 0 Å². The monoisotopic (exact) mass is 261 g/mol. The number of benzene rings is 1. The average Bonchev–Trinajstić information content (AvgIpc) is 2.20. The number of nitrogens with one attached hydrogen (secondary N) is 1.